The summed E-state index contributed by atoms with van der Waals surface area (Å²) in [5.74, 6) is 1.71. The maximum Gasteiger partial charge on any atom is 0.190 e. The molecule has 2 N–H and O–H groups in total. The van der Waals surface area contributed by atoms with Crippen LogP contribution in [0.1, 0.15) is 17.5 Å². The minimum atomic E-state index is 0. The molecule has 0 fully saturated rings. The van der Waals surface area contributed by atoms with E-state index in [2.05, 4.69) is 39.9 Å². The molecule has 0 aliphatic rings. The second-order valence-electron chi connectivity index (χ2n) is 5.94. The van der Waals surface area contributed by atoms with Crippen molar-refractivity contribution in [2.24, 2.45) is 4.99 Å². The third-order valence-electron chi connectivity index (χ3n) is 3.92. The first-order chi connectivity index (χ1) is 12.8. The van der Waals surface area contributed by atoms with Crippen LogP contribution in [0.25, 0.3) is 0 Å². The zero-order chi connectivity index (χ0) is 18.5. The van der Waals surface area contributed by atoms with E-state index >= 15 is 0 Å². The van der Waals surface area contributed by atoms with Crippen LogP contribution in [0.4, 0.5) is 0 Å². The molecule has 5 nitrogen and oxygen atoms in total. The molecule has 0 atom stereocenters. The maximum atomic E-state index is 5.82. The summed E-state index contributed by atoms with van der Waals surface area (Å²) in [6.45, 7) is 3.02. The molecule has 27 heavy (non-hydrogen) atoms. The van der Waals surface area contributed by atoms with Crippen LogP contribution < -0.4 is 15.4 Å². The zero-order valence-electron chi connectivity index (χ0n) is 16.1. The second-order valence-corrected chi connectivity index (χ2v) is 5.94. The molecular formula is C21H30IN3O2. The Kier molecular flexibility index (Phi) is 12.3. The van der Waals surface area contributed by atoms with Crippen LogP contribution >= 0.6 is 24.0 Å². The molecule has 0 bridgehead atoms. The van der Waals surface area contributed by atoms with Crippen LogP contribution in [0.5, 0.6) is 5.75 Å². The van der Waals surface area contributed by atoms with E-state index in [0.29, 0.717) is 6.61 Å². The molecule has 148 valence electrons. The Morgan fingerprint density at radius 3 is 2.30 bits per heavy atom. The number of rotatable bonds is 10. The fourth-order valence-electron chi connectivity index (χ4n) is 2.46. The smallest absolute Gasteiger partial charge is 0.190 e. The van der Waals surface area contributed by atoms with Crippen molar-refractivity contribution in [1.29, 1.82) is 0 Å². The first kappa shape index (κ1) is 23.2. The molecule has 0 saturated heterocycles. The topological polar surface area (TPSA) is 54.9 Å². The molecule has 0 unspecified atom stereocenters. The summed E-state index contributed by atoms with van der Waals surface area (Å²) in [7, 11) is 3.50. The van der Waals surface area contributed by atoms with Gasteiger partial charge >= 0.3 is 0 Å². The average Bonchev–Trinajstić information content (AvgIpc) is 2.70. The van der Waals surface area contributed by atoms with Gasteiger partial charge in [-0.1, -0.05) is 42.5 Å². The molecule has 0 saturated carbocycles. The monoisotopic (exact) mass is 483 g/mol. The van der Waals surface area contributed by atoms with Crippen molar-refractivity contribution < 1.29 is 9.47 Å². The van der Waals surface area contributed by atoms with Gasteiger partial charge in [0.2, 0.25) is 0 Å². The van der Waals surface area contributed by atoms with Crippen molar-refractivity contribution in [3.8, 4) is 5.75 Å². The van der Waals surface area contributed by atoms with E-state index in [-0.39, 0.29) is 24.0 Å². The highest BCUT2D eigenvalue weighted by Gasteiger charge is 1.99. The Morgan fingerprint density at radius 2 is 1.63 bits per heavy atom. The molecule has 0 aliphatic heterocycles. The third kappa shape index (κ3) is 9.63. The predicted octanol–water partition coefficient (Wildman–Crippen LogP) is 3.63. The number of nitrogens with one attached hydrogen (secondary N) is 2. The van der Waals surface area contributed by atoms with Gasteiger partial charge in [0, 0.05) is 33.9 Å². The lowest BCUT2D eigenvalue weighted by molar-refractivity contribution is 0.195. The first-order valence-corrected chi connectivity index (χ1v) is 9.01. The first-order valence-electron chi connectivity index (χ1n) is 9.01. The standard InChI is InChI=1S/C21H29N3O2.HI/c1-22-21(23-14-6-16-25-2)24-15-13-18-9-11-20(12-10-18)26-17-19-7-4-3-5-8-19;/h3-5,7-12H,6,13-17H2,1-2H3,(H2,22,23,24);1H. The minimum absolute atomic E-state index is 0. The van der Waals surface area contributed by atoms with Gasteiger partial charge in [0.15, 0.2) is 5.96 Å². The van der Waals surface area contributed by atoms with Crippen LogP contribution in [-0.4, -0.2) is 39.8 Å². The van der Waals surface area contributed by atoms with E-state index in [1.807, 2.05) is 30.3 Å². The Bertz CT molecular complexity index is 648. The molecule has 2 aromatic carbocycles. The van der Waals surface area contributed by atoms with Gasteiger partial charge < -0.3 is 20.1 Å². The van der Waals surface area contributed by atoms with E-state index in [0.717, 1.165) is 44.2 Å². The minimum Gasteiger partial charge on any atom is -0.489 e. The van der Waals surface area contributed by atoms with Crippen molar-refractivity contribution in [3.63, 3.8) is 0 Å². The number of hydrogen-bond acceptors (Lipinski definition) is 3. The normalized spacial score (nSPS) is 10.8. The summed E-state index contributed by atoms with van der Waals surface area (Å²) in [5.41, 5.74) is 2.43. The van der Waals surface area contributed by atoms with Gasteiger partial charge in [-0.05, 0) is 36.1 Å². The van der Waals surface area contributed by atoms with E-state index in [4.69, 9.17) is 9.47 Å². The number of methoxy groups -OCH3 is 1. The van der Waals surface area contributed by atoms with Crippen LogP contribution in [-0.2, 0) is 17.8 Å². The summed E-state index contributed by atoms with van der Waals surface area (Å²) >= 11 is 0. The summed E-state index contributed by atoms with van der Waals surface area (Å²) in [5, 5.41) is 6.59. The molecular weight excluding hydrogens is 453 g/mol. The van der Waals surface area contributed by atoms with Crippen LogP contribution in [0, 0.1) is 0 Å². The van der Waals surface area contributed by atoms with Gasteiger partial charge in [0.25, 0.3) is 0 Å². The van der Waals surface area contributed by atoms with Gasteiger partial charge in [0.05, 0.1) is 0 Å². The highest BCUT2D eigenvalue weighted by Crippen LogP contribution is 2.14. The lowest BCUT2D eigenvalue weighted by Gasteiger charge is -2.12. The molecule has 2 aromatic rings. The molecule has 0 spiro atoms. The van der Waals surface area contributed by atoms with E-state index in [1.54, 1.807) is 14.2 Å². The van der Waals surface area contributed by atoms with Gasteiger partial charge in [-0.15, -0.1) is 24.0 Å². The lowest BCUT2D eigenvalue weighted by atomic mass is 10.1. The fraction of sp³-hybridized carbons (Fsp3) is 0.381. The number of aliphatic imine (C=N–C) groups is 1. The van der Waals surface area contributed by atoms with Crippen LogP contribution in [0.3, 0.4) is 0 Å². The highest BCUT2D eigenvalue weighted by atomic mass is 127. The van der Waals surface area contributed by atoms with Crippen LogP contribution in [0.2, 0.25) is 0 Å². The largest absolute Gasteiger partial charge is 0.489 e. The van der Waals surface area contributed by atoms with E-state index in [1.165, 1.54) is 11.1 Å². The molecule has 2 rings (SSSR count). The van der Waals surface area contributed by atoms with Gasteiger partial charge in [-0.2, -0.15) is 0 Å². The van der Waals surface area contributed by atoms with Crippen LogP contribution in [0.15, 0.2) is 59.6 Å². The third-order valence-corrected chi connectivity index (χ3v) is 3.92. The van der Waals surface area contributed by atoms with Gasteiger partial charge in [-0.25, -0.2) is 0 Å². The van der Waals surface area contributed by atoms with Crippen molar-refractivity contribution >= 4 is 29.9 Å². The predicted molar refractivity (Wildman–Crippen MR) is 122 cm³/mol. The highest BCUT2D eigenvalue weighted by molar-refractivity contribution is 14.0. The molecule has 0 aliphatic carbocycles. The van der Waals surface area contributed by atoms with Crippen molar-refractivity contribution in [2.75, 3.05) is 33.9 Å². The second kappa shape index (κ2) is 14.3. The number of ether oxygens (including phenoxy) is 2. The average molecular weight is 483 g/mol. The zero-order valence-corrected chi connectivity index (χ0v) is 18.4. The SMILES string of the molecule is CN=C(NCCCOC)NCCc1ccc(OCc2ccccc2)cc1.I. The van der Waals surface area contributed by atoms with Gasteiger partial charge in [-0.3, -0.25) is 4.99 Å². The van der Waals surface area contributed by atoms with Crippen molar-refractivity contribution in [1.82, 2.24) is 10.6 Å². The molecule has 0 heterocycles. The number of guanidine groups is 1. The van der Waals surface area contributed by atoms with Crippen molar-refractivity contribution in [2.45, 2.75) is 19.4 Å². The molecule has 0 aromatic heterocycles. The van der Waals surface area contributed by atoms with Gasteiger partial charge in [0.1, 0.15) is 12.4 Å². The Balaban J connectivity index is 0.00000364. The quantitative estimate of drug-likeness (QED) is 0.235. The summed E-state index contributed by atoms with van der Waals surface area (Å²) in [4.78, 5) is 4.22. The Hall–Kier alpha value is -1.80. The Labute approximate surface area is 179 Å². The molecule has 0 radical (unpaired) electrons. The maximum absolute atomic E-state index is 5.82. The Morgan fingerprint density at radius 1 is 0.926 bits per heavy atom. The summed E-state index contributed by atoms with van der Waals surface area (Å²) < 4.78 is 10.9. The van der Waals surface area contributed by atoms with E-state index < -0.39 is 0 Å². The van der Waals surface area contributed by atoms with Crippen molar-refractivity contribution in [3.05, 3.63) is 65.7 Å². The fourth-order valence-corrected chi connectivity index (χ4v) is 2.46. The molecule has 6 heteroatoms. The number of nitrogens with zero attached hydrogens (tertiary/aromatic N) is 1. The summed E-state index contributed by atoms with van der Waals surface area (Å²) in [6.07, 6.45) is 1.89. The van der Waals surface area contributed by atoms with E-state index in [9.17, 15) is 0 Å². The summed E-state index contributed by atoms with van der Waals surface area (Å²) in [6, 6.07) is 18.5. The number of halogens is 1. The lowest BCUT2D eigenvalue weighted by Crippen LogP contribution is -2.38. The molecule has 0 amide bonds. The number of benzene rings is 2. The number of hydrogen-bond donors (Lipinski definition) is 2.